The van der Waals surface area contributed by atoms with Gasteiger partial charge in [-0.15, -0.1) is 0 Å². The maximum absolute atomic E-state index is 9.90. The molecule has 0 aliphatic carbocycles. The molecule has 1 aromatic carbocycles. The molecule has 0 radical (unpaired) electrons. The van der Waals surface area contributed by atoms with E-state index in [9.17, 15) is 5.11 Å². The fraction of sp³-hybridized carbons (Fsp3) is 0.0714. The first-order valence-electron chi connectivity index (χ1n) is 5.46. The lowest BCUT2D eigenvalue weighted by atomic mass is 10.1. The van der Waals surface area contributed by atoms with Crippen LogP contribution in [0.5, 0.6) is 5.75 Å². The lowest BCUT2D eigenvalue weighted by Crippen LogP contribution is -1.85. The van der Waals surface area contributed by atoms with E-state index in [0.717, 1.165) is 22.2 Å². The fourth-order valence-electron chi connectivity index (χ4n) is 2.13. The van der Waals surface area contributed by atoms with E-state index in [0.29, 0.717) is 5.75 Å². The van der Waals surface area contributed by atoms with Crippen molar-refractivity contribution in [3.8, 4) is 16.9 Å². The smallest absolute Gasteiger partial charge is 0.140 e. The number of fused-ring (bicyclic) bond motifs is 1. The number of hydrogen-bond acceptors (Lipinski definition) is 2. The molecule has 3 heteroatoms. The Bertz CT molecular complexity index is 686. The van der Waals surface area contributed by atoms with Crippen LogP contribution in [0, 0.1) is 0 Å². The number of pyridine rings is 1. The first-order valence-corrected chi connectivity index (χ1v) is 5.46. The van der Waals surface area contributed by atoms with Gasteiger partial charge in [0.2, 0.25) is 0 Å². The molecule has 0 saturated heterocycles. The highest BCUT2D eigenvalue weighted by Gasteiger charge is 2.11. The van der Waals surface area contributed by atoms with Crippen LogP contribution in [-0.2, 0) is 7.05 Å². The van der Waals surface area contributed by atoms with Crippen LogP contribution in [0.15, 0.2) is 48.8 Å². The average molecular weight is 224 g/mol. The van der Waals surface area contributed by atoms with Gasteiger partial charge in [-0.2, -0.15) is 0 Å². The van der Waals surface area contributed by atoms with Crippen LogP contribution in [0.3, 0.4) is 0 Å². The van der Waals surface area contributed by atoms with Crippen molar-refractivity contribution in [3.05, 3.63) is 48.8 Å². The molecule has 0 saturated carbocycles. The number of hydrogen-bond donors (Lipinski definition) is 1. The minimum absolute atomic E-state index is 0.295. The average Bonchev–Trinajstić information content (AvgIpc) is 2.68. The van der Waals surface area contributed by atoms with Gasteiger partial charge in [-0.05, 0) is 18.2 Å². The molecule has 1 N–H and O–H groups in total. The van der Waals surface area contributed by atoms with Gasteiger partial charge in [-0.3, -0.25) is 0 Å². The topological polar surface area (TPSA) is 38.0 Å². The second-order valence-electron chi connectivity index (χ2n) is 4.05. The van der Waals surface area contributed by atoms with E-state index in [2.05, 4.69) is 4.98 Å². The number of rotatable bonds is 1. The molecule has 0 atom stereocenters. The molecule has 3 aromatic rings. The number of aromatic nitrogens is 2. The molecule has 3 rings (SSSR count). The van der Waals surface area contributed by atoms with E-state index in [1.807, 2.05) is 48.1 Å². The summed E-state index contributed by atoms with van der Waals surface area (Å²) in [5.74, 6) is 0.295. The Balaban J connectivity index is 2.35. The van der Waals surface area contributed by atoms with E-state index in [4.69, 9.17) is 0 Å². The number of phenolic OH excluding ortho intramolecular Hbond substituents is 1. The molecule has 3 nitrogen and oxygen atoms in total. The van der Waals surface area contributed by atoms with Crippen LogP contribution in [0.1, 0.15) is 0 Å². The quantitative estimate of drug-likeness (QED) is 0.690. The third-order valence-electron chi connectivity index (χ3n) is 2.93. The third kappa shape index (κ3) is 1.47. The number of nitrogens with zero attached hydrogens (tertiary/aromatic N) is 2. The first kappa shape index (κ1) is 9.90. The molecule has 2 heterocycles. The summed E-state index contributed by atoms with van der Waals surface area (Å²) in [6.45, 7) is 0. The van der Waals surface area contributed by atoms with Gasteiger partial charge in [0.1, 0.15) is 11.4 Å². The summed E-state index contributed by atoms with van der Waals surface area (Å²) < 4.78 is 1.97. The van der Waals surface area contributed by atoms with Gasteiger partial charge < -0.3 is 9.67 Å². The summed E-state index contributed by atoms with van der Waals surface area (Å²) in [5.41, 5.74) is 2.77. The number of aryl methyl sites for hydroxylation is 1. The molecule has 0 spiro atoms. The molecule has 0 unspecified atom stereocenters. The molecule has 17 heavy (non-hydrogen) atoms. The van der Waals surface area contributed by atoms with Gasteiger partial charge >= 0.3 is 0 Å². The maximum atomic E-state index is 9.90. The normalized spacial score (nSPS) is 10.9. The largest absolute Gasteiger partial charge is 0.507 e. The summed E-state index contributed by atoms with van der Waals surface area (Å²) in [6.07, 6.45) is 3.77. The molecule has 0 aliphatic heterocycles. The van der Waals surface area contributed by atoms with Crippen molar-refractivity contribution < 1.29 is 5.11 Å². The minimum atomic E-state index is 0.295. The van der Waals surface area contributed by atoms with E-state index in [1.54, 1.807) is 12.3 Å². The van der Waals surface area contributed by atoms with E-state index in [-0.39, 0.29) is 0 Å². The highest BCUT2D eigenvalue weighted by molar-refractivity contribution is 5.95. The first-order chi connectivity index (χ1) is 8.27. The van der Waals surface area contributed by atoms with Gasteiger partial charge in [0.05, 0.1) is 0 Å². The van der Waals surface area contributed by atoms with Crippen molar-refractivity contribution in [1.29, 1.82) is 0 Å². The molecular weight excluding hydrogens is 212 g/mol. The summed E-state index contributed by atoms with van der Waals surface area (Å²) in [7, 11) is 1.96. The molecule has 2 aromatic heterocycles. The van der Waals surface area contributed by atoms with E-state index < -0.39 is 0 Å². The van der Waals surface area contributed by atoms with Gasteiger partial charge in [-0.25, -0.2) is 4.98 Å². The zero-order valence-electron chi connectivity index (χ0n) is 9.46. The lowest BCUT2D eigenvalue weighted by molar-refractivity contribution is 0.477. The summed E-state index contributed by atoms with van der Waals surface area (Å²) >= 11 is 0. The molecule has 0 bridgehead atoms. The summed E-state index contributed by atoms with van der Waals surface area (Å²) in [6, 6.07) is 11.3. The zero-order valence-corrected chi connectivity index (χ0v) is 9.46. The van der Waals surface area contributed by atoms with Crippen molar-refractivity contribution in [2.45, 2.75) is 0 Å². The minimum Gasteiger partial charge on any atom is -0.507 e. The molecular formula is C14H12N2O. The van der Waals surface area contributed by atoms with E-state index in [1.165, 1.54) is 0 Å². The Morgan fingerprint density at radius 2 is 1.88 bits per heavy atom. The van der Waals surface area contributed by atoms with Crippen LogP contribution in [0.2, 0.25) is 0 Å². The predicted molar refractivity (Wildman–Crippen MR) is 67.8 cm³/mol. The summed E-state index contributed by atoms with van der Waals surface area (Å²) in [5, 5.41) is 11.0. The van der Waals surface area contributed by atoms with Crippen molar-refractivity contribution in [3.63, 3.8) is 0 Å². The predicted octanol–water partition coefficient (Wildman–Crippen LogP) is 2.95. The third-order valence-corrected chi connectivity index (χ3v) is 2.93. The highest BCUT2D eigenvalue weighted by Crippen LogP contribution is 2.34. The second-order valence-corrected chi connectivity index (χ2v) is 4.05. The van der Waals surface area contributed by atoms with Crippen molar-refractivity contribution >= 4 is 11.0 Å². The van der Waals surface area contributed by atoms with Crippen LogP contribution in [-0.4, -0.2) is 14.7 Å². The van der Waals surface area contributed by atoms with Gasteiger partial charge in [0.25, 0.3) is 0 Å². The Morgan fingerprint density at radius 1 is 1.06 bits per heavy atom. The lowest BCUT2D eigenvalue weighted by Gasteiger charge is -2.01. The Kier molecular flexibility index (Phi) is 2.11. The highest BCUT2D eigenvalue weighted by atomic mass is 16.3. The van der Waals surface area contributed by atoms with Crippen LogP contribution in [0.25, 0.3) is 22.2 Å². The van der Waals surface area contributed by atoms with Crippen LogP contribution in [0.4, 0.5) is 0 Å². The molecule has 0 fully saturated rings. The number of phenols is 1. The number of para-hydroxylation sites is 1. The maximum Gasteiger partial charge on any atom is 0.140 e. The van der Waals surface area contributed by atoms with Crippen LogP contribution < -0.4 is 0 Å². The number of benzene rings is 1. The van der Waals surface area contributed by atoms with Gasteiger partial charge in [0, 0.05) is 36.0 Å². The molecule has 0 aliphatic rings. The molecule has 0 amide bonds. The number of aromatic hydroxyl groups is 1. The Hall–Kier alpha value is -2.29. The standard InChI is InChI=1S/C14H12N2O/c1-16-9-12(10-5-2-3-7-13(10)17)11-6-4-8-15-14(11)16/h2-9,17H,1H3. The Labute approximate surface area is 99.0 Å². The van der Waals surface area contributed by atoms with E-state index >= 15 is 0 Å². The summed E-state index contributed by atoms with van der Waals surface area (Å²) in [4.78, 5) is 4.34. The molecule has 84 valence electrons. The second kappa shape index (κ2) is 3.63. The van der Waals surface area contributed by atoms with Crippen molar-refractivity contribution in [2.75, 3.05) is 0 Å². The van der Waals surface area contributed by atoms with Crippen LogP contribution >= 0.6 is 0 Å². The van der Waals surface area contributed by atoms with Gasteiger partial charge in [0.15, 0.2) is 0 Å². The Morgan fingerprint density at radius 3 is 2.71 bits per heavy atom. The fourth-order valence-corrected chi connectivity index (χ4v) is 2.13. The zero-order chi connectivity index (χ0) is 11.8. The van der Waals surface area contributed by atoms with Gasteiger partial charge in [-0.1, -0.05) is 18.2 Å². The SMILES string of the molecule is Cn1cc(-c2ccccc2O)c2cccnc21. The van der Waals surface area contributed by atoms with Crippen molar-refractivity contribution in [1.82, 2.24) is 9.55 Å². The monoisotopic (exact) mass is 224 g/mol. The van der Waals surface area contributed by atoms with Crippen molar-refractivity contribution in [2.24, 2.45) is 7.05 Å².